The van der Waals surface area contributed by atoms with Gasteiger partial charge in [-0.2, -0.15) is 0 Å². The molecule has 0 saturated heterocycles. The first-order valence-electron chi connectivity index (χ1n) is 10.4. The van der Waals surface area contributed by atoms with E-state index in [4.69, 9.17) is 16.6 Å². The highest BCUT2D eigenvalue weighted by Gasteiger charge is 2.43. The van der Waals surface area contributed by atoms with E-state index < -0.39 is 0 Å². The van der Waals surface area contributed by atoms with E-state index >= 15 is 0 Å². The van der Waals surface area contributed by atoms with Crippen LogP contribution in [0.15, 0.2) is 95.1 Å². The number of benzene rings is 3. The molecule has 3 aromatic rings. The van der Waals surface area contributed by atoms with Crippen LogP contribution in [-0.2, 0) is 4.79 Å². The van der Waals surface area contributed by atoms with E-state index in [1.165, 1.54) is 0 Å². The second-order valence-electron chi connectivity index (χ2n) is 7.78. The Morgan fingerprint density at radius 3 is 2.39 bits per heavy atom. The molecule has 2 aliphatic heterocycles. The monoisotopic (exact) mass is 427 g/mol. The minimum Gasteiger partial charge on any atom is -0.378 e. The summed E-state index contributed by atoms with van der Waals surface area (Å²) >= 11 is 6.18. The number of carbonyl (C=O) groups is 1. The molecule has 5 rings (SSSR count). The Morgan fingerprint density at radius 2 is 1.68 bits per heavy atom. The van der Waals surface area contributed by atoms with Gasteiger partial charge in [0.25, 0.3) is 5.91 Å². The van der Waals surface area contributed by atoms with Crippen LogP contribution in [0.25, 0.3) is 0 Å². The smallest absolute Gasteiger partial charge is 0.275 e. The molecule has 0 radical (unpaired) electrons. The largest absolute Gasteiger partial charge is 0.378 e. The first kappa shape index (κ1) is 19.6. The third-order valence-corrected chi connectivity index (χ3v) is 5.97. The first-order chi connectivity index (χ1) is 15.1. The van der Waals surface area contributed by atoms with Crippen LogP contribution < -0.4 is 10.2 Å². The lowest BCUT2D eigenvalue weighted by molar-refractivity contribution is -0.115. The topological polar surface area (TPSA) is 44.7 Å². The molecule has 0 saturated carbocycles. The second kappa shape index (κ2) is 8.05. The number of halogens is 1. The predicted molar refractivity (Wildman–Crippen MR) is 126 cm³/mol. The fourth-order valence-corrected chi connectivity index (χ4v) is 4.37. The zero-order valence-electron chi connectivity index (χ0n) is 17.2. The minimum absolute atomic E-state index is 0.0377. The Hall–Kier alpha value is -3.37. The maximum absolute atomic E-state index is 13.7. The van der Waals surface area contributed by atoms with Crippen molar-refractivity contribution in [3.8, 4) is 0 Å². The van der Waals surface area contributed by atoms with Crippen LogP contribution in [0.2, 0.25) is 5.02 Å². The Morgan fingerprint density at radius 1 is 0.968 bits per heavy atom. The molecule has 0 aromatic heterocycles. The molecule has 2 aliphatic rings. The Bertz CT molecular complexity index is 1180. The normalized spacial score (nSPS) is 18.4. The van der Waals surface area contributed by atoms with Crippen LogP contribution in [0, 0.1) is 6.92 Å². The summed E-state index contributed by atoms with van der Waals surface area (Å²) in [6.07, 6.45) is 0. The molecule has 2 heterocycles. The van der Waals surface area contributed by atoms with E-state index in [9.17, 15) is 4.79 Å². The molecule has 0 spiro atoms. The van der Waals surface area contributed by atoms with Gasteiger partial charge in [-0.3, -0.25) is 14.7 Å². The van der Waals surface area contributed by atoms with Crippen LogP contribution in [-0.4, -0.2) is 24.7 Å². The number of anilines is 1. The molecular formula is C26H22ClN3O. The van der Waals surface area contributed by atoms with Gasteiger partial charge in [-0.05, 0) is 36.8 Å². The van der Waals surface area contributed by atoms with Gasteiger partial charge in [0, 0.05) is 28.4 Å². The molecule has 0 bridgehead atoms. The van der Waals surface area contributed by atoms with Gasteiger partial charge in [0.2, 0.25) is 0 Å². The SMILES string of the molecule is Cc1ccc(N2C(=O)C3=C(C(c4ccccc4)=NCCN3)[C@@H]2c2ccc(Cl)cc2)cc1. The Balaban J connectivity index is 1.72. The summed E-state index contributed by atoms with van der Waals surface area (Å²) in [5, 5.41) is 4.03. The number of rotatable bonds is 3. The van der Waals surface area contributed by atoms with Crippen molar-refractivity contribution >= 4 is 28.9 Å². The summed E-state index contributed by atoms with van der Waals surface area (Å²) in [5.74, 6) is -0.0377. The summed E-state index contributed by atoms with van der Waals surface area (Å²) in [6.45, 7) is 3.28. The summed E-state index contributed by atoms with van der Waals surface area (Å²) in [7, 11) is 0. The highest BCUT2D eigenvalue weighted by Crippen LogP contribution is 2.42. The Labute approximate surface area is 186 Å². The van der Waals surface area contributed by atoms with Crippen LogP contribution in [0.3, 0.4) is 0 Å². The van der Waals surface area contributed by atoms with Crippen LogP contribution >= 0.6 is 11.6 Å². The molecule has 0 fully saturated rings. The molecule has 5 heteroatoms. The van der Waals surface area contributed by atoms with Crippen molar-refractivity contribution in [1.82, 2.24) is 5.32 Å². The van der Waals surface area contributed by atoms with Crippen molar-refractivity contribution in [3.05, 3.63) is 112 Å². The molecule has 0 aliphatic carbocycles. The Kier molecular flexibility index (Phi) is 5.08. The molecule has 31 heavy (non-hydrogen) atoms. The van der Waals surface area contributed by atoms with Gasteiger partial charge in [-0.25, -0.2) is 0 Å². The van der Waals surface area contributed by atoms with E-state index in [-0.39, 0.29) is 11.9 Å². The summed E-state index contributed by atoms with van der Waals surface area (Å²) in [5.41, 5.74) is 6.42. The molecule has 1 N–H and O–H groups in total. The van der Waals surface area contributed by atoms with Crippen molar-refractivity contribution < 1.29 is 4.79 Å². The lowest BCUT2D eigenvalue weighted by atomic mass is 9.91. The van der Waals surface area contributed by atoms with Crippen molar-refractivity contribution in [2.24, 2.45) is 4.99 Å². The number of aliphatic imine (C=N–C) groups is 1. The van der Waals surface area contributed by atoms with Crippen molar-refractivity contribution in [3.63, 3.8) is 0 Å². The number of nitrogens with zero attached hydrogens (tertiary/aromatic N) is 2. The van der Waals surface area contributed by atoms with E-state index in [0.717, 1.165) is 33.7 Å². The third kappa shape index (κ3) is 3.53. The number of hydrogen-bond donors (Lipinski definition) is 1. The lowest BCUT2D eigenvalue weighted by Crippen LogP contribution is -2.33. The zero-order valence-corrected chi connectivity index (χ0v) is 17.9. The van der Waals surface area contributed by atoms with Crippen LogP contribution in [0.4, 0.5) is 5.69 Å². The maximum Gasteiger partial charge on any atom is 0.275 e. The summed E-state index contributed by atoms with van der Waals surface area (Å²) in [6, 6.07) is 25.6. The van der Waals surface area contributed by atoms with Gasteiger partial charge in [0.1, 0.15) is 5.70 Å². The average Bonchev–Trinajstić information content (AvgIpc) is 2.94. The molecule has 4 nitrogen and oxygen atoms in total. The second-order valence-corrected chi connectivity index (χ2v) is 8.21. The van der Waals surface area contributed by atoms with Crippen molar-refractivity contribution in [2.75, 3.05) is 18.0 Å². The lowest BCUT2D eigenvalue weighted by Gasteiger charge is -2.28. The van der Waals surface area contributed by atoms with Crippen molar-refractivity contribution in [1.29, 1.82) is 0 Å². The van der Waals surface area contributed by atoms with Crippen LogP contribution in [0.5, 0.6) is 0 Å². The standard InChI is InChI=1S/C26H22ClN3O/c1-17-7-13-21(14-8-17)30-25(19-9-11-20(27)12-10-19)22-23(18-5-3-2-4-6-18)28-15-16-29-24(22)26(30)31/h2-14,25,29H,15-16H2,1H3/t25-/m0/s1. The molecular weight excluding hydrogens is 406 g/mol. The van der Waals surface area contributed by atoms with Gasteiger partial charge in [-0.15, -0.1) is 0 Å². The highest BCUT2D eigenvalue weighted by atomic mass is 35.5. The zero-order chi connectivity index (χ0) is 21.4. The minimum atomic E-state index is -0.299. The van der Waals surface area contributed by atoms with E-state index in [0.29, 0.717) is 23.8 Å². The number of carbonyl (C=O) groups excluding carboxylic acids is 1. The van der Waals surface area contributed by atoms with Gasteiger partial charge < -0.3 is 5.32 Å². The van der Waals surface area contributed by atoms with Gasteiger partial charge in [0.15, 0.2) is 0 Å². The van der Waals surface area contributed by atoms with E-state index in [1.807, 2.05) is 90.7 Å². The molecule has 0 unspecified atom stereocenters. The van der Waals surface area contributed by atoms with E-state index in [2.05, 4.69) is 5.32 Å². The van der Waals surface area contributed by atoms with Gasteiger partial charge in [0.05, 0.1) is 18.3 Å². The van der Waals surface area contributed by atoms with Crippen LogP contribution in [0.1, 0.15) is 22.7 Å². The van der Waals surface area contributed by atoms with Gasteiger partial charge >= 0.3 is 0 Å². The molecule has 1 amide bonds. The number of nitrogens with one attached hydrogen (secondary N) is 1. The molecule has 3 aromatic carbocycles. The van der Waals surface area contributed by atoms with Crippen molar-refractivity contribution in [2.45, 2.75) is 13.0 Å². The quantitative estimate of drug-likeness (QED) is 0.633. The average molecular weight is 428 g/mol. The maximum atomic E-state index is 13.7. The molecule has 154 valence electrons. The fraction of sp³-hybridized carbons (Fsp3) is 0.154. The third-order valence-electron chi connectivity index (χ3n) is 5.72. The summed E-state index contributed by atoms with van der Waals surface area (Å²) < 4.78 is 0. The number of amides is 1. The van der Waals surface area contributed by atoms with E-state index in [1.54, 1.807) is 0 Å². The fourth-order valence-electron chi connectivity index (χ4n) is 4.25. The van der Waals surface area contributed by atoms with Gasteiger partial charge in [-0.1, -0.05) is 71.8 Å². The highest BCUT2D eigenvalue weighted by molar-refractivity contribution is 6.30. The molecule has 1 atom stereocenters. The summed E-state index contributed by atoms with van der Waals surface area (Å²) in [4.78, 5) is 20.5. The predicted octanol–water partition coefficient (Wildman–Crippen LogP) is 5.08. The first-order valence-corrected chi connectivity index (χ1v) is 10.8. The number of aryl methyl sites for hydroxylation is 1. The number of hydrogen-bond acceptors (Lipinski definition) is 3.